The molecule has 1 aromatic heterocycles. The summed E-state index contributed by atoms with van der Waals surface area (Å²) >= 11 is 0. The molecule has 0 aromatic carbocycles. The Morgan fingerprint density at radius 1 is 1.19 bits per heavy atom. The lowest BCUT2D eigenvalue weighted by atomic mass is 9.49. The maximum atomic E-state index is 12.7. The van der Waals surface area contributed by atoms with Crippen LogP contribution in [0.5, 0.6) is 0 Å². The molecule has 1 aliphatic heterocycles. The summed E-state index contributed by atoms with van der Waals surface area (Å²) in [6.45, 7) is 1.79. The fraction of sp³-hybridized carbons (Fsp3) is 0.714. The summed E-state index contributed by atoms with van der Waals surface area (Å²) in [6.07, 6.45) is 10.1. The minimum atomic E-state index is -0.216. The molecule has 5 aliphatic rings. The van der Waals surface area contributed by atoms with E-state index in [1.165, 1.54) is 38.5 Å². The minimum Gasteiger partial charge on any atom is -0.467 e. The molecule has 5 nitrogen and oxygen atoms in total. The Bertz CT molecular complexity index is 661. The van der Waals surface area contributed by atoms with Gasteiger partial charge in [0.15, 0.2) is 0 Å². The molecular formula is C21H28N2O3. The molecule has 1 saturated heterocycles. The first kappa shape index (κ1) is 16.4. The van der Waals surface area contributed by atoms with Crippen molar-refractivity contribution in [2.75, 3.05) is 13.1 Å². The average molecular weight is 356 g/mol. The van der Waals surface area contributed by atoms with Crippen LogP contribution < -0.4 is 5.32 Å². The normalized spacial score (nSPS) is 38.2. The molecule has 4 bridgehead atoms. The molecule has 0 radical (unpaired) electrons. The van der Waals surface area contributed by atoms with Crippen molar-refractivity contribution in [3.8, 4) is 0 Å². The zero-order valence-electron chi connectivity index (χ0n) is 15.3. The lowest BCUT2D eigenvalue weighted by Crippen LogP contribution is -2.51. The highest BCUT2D eigenvalue weighted by molar-refractivity contribution is 5.89. The van der Waals surface area contributed by atoms with Crippen molar-refractivity contribution < 1.29 is 14.0 Å². The Balaban J connectivity index is 1.17. The maximum absolute atomic E-state index is 12.7. The first-order valence-electron chi connectivity index (χ1n) is 10.2. The molecule has 4 aliphatic carbocycles. The zero-order valence-corrected chi connectivity index (χ0v) is 15.3. The van der Waals surface area contributed by atoms with Crippen molar-refractivity contribution in [1.29, 1.82) is 0 Å². The maximum Gasteiger partial charge on any atom is 0.225 e. The van der Waals surface area contributed by atoms with E-state index in [1.54, 1.807) is 11.2 Å². The van der Waals surface area contributed by atoms with Gasteiger partial charge >= 0.3 is 0 Å². The van der Waals surface area contributed by atoms with E-state index in [9.17, 15) is 9.59 Å². The van der Waals surface area contributed by atoms with Crippen LogP contribution in [0.1, 0.15) is 50.7 Å². The van der Waals surface area contributed by atoms with Gasteiger partial charge in [0.25, 0.3) is 0 Å². The highest BCUT2D eigenvalue weighted by Gasteiger charge is 2.51. The minimum absolute atomic E-state index is 0.0522. The SMILES string of the molecule is O=C(NCC12CC3CC(CC(C3)C1)C2)[C@@H]1CC(=O)N(Cc2ccco2)C1. The molecule has 1 aromatic rings. The van der Waals surface area contributed by atoms with Gasteiger partial charge in [0.05, 0.1) is 18.7 Å². The highest BCUT2D eigenvalue weighted by Crippen LogP contribution is 2.59. The third-order valence-electron chi connectivity index (χ3n) is 7.31. The molecule has 1 N–H and O–H groups in total. The second-order valence-electron chi connectivity index (χ2n) is 9.39. The first-order chi connectivity index (χ1) is 12.6. The Labute approximate surface area is 154 Å². The molecule has 0 spiro atoms. The summed E-state index contributed by atoms with van der Waals surface area (Å²) in [7, 11) is 0. The van der Waals surface area contributed by atoms with E-state index in [-0.39, 0.29) is 17.7 Å². The molecule has 0 unspecified atom stereocenters. The number of likely N-dealkylation sites (tertiary alicyclic amines) is 1. The van der Waals surface area contributed by atoms with Gasteiger partial charge in [0, 0.05) is 19.5 Å². The second-order valence-corrected chi connectivity index (χ2v) is 9.39. The van der Waals surface area contributed by atoms with Crippen LogP contribution >= 0.6 is 0 Å². The predicted molar refractivity (Wildman–Crippen MR) is 95.8 cm³/mol. The van der Waals surface area contributed by atoms with Gasteiger partial charge < -0.3 is 14.6 Å². The lowest BCUT2D eigenvalue weighted by Gasteiger charge is -2.57. The zero-order chi connectivity index (χ0) is 17.7. The van der Waals surface area contributed by atoms with Gasteiger partial charge in [-0.3, -0.25) is 9.59 Å². The number of carbonyl (C=O) groups is 2. The van der Waals surface area contributed by atoms with Gasteiger partial charge in [-0.25, -0.2) is 0 Å². The van der Waals surface area contributed by atoms with E-state index in [0.29, 0.717) is 24.9 Å². The van der Waals surface area contributed by atoms with Crippen LogP contribution in [0.4, 0.5) is 0 Å². The van der Waals surface area contributed by atoms with E-state index in [2.05, 4.69) is 5.32 Å². The molecule has 140 valence electrons. The molecule has 26 heavy (non-hydrogen) atoms. The molecule has 2 heterocycles. The van der Waals surface area contributed by atoms with Crippen LogP contribution in [0.25, 0.3) is 0 Å². The van der Waals surface area contributed by atoms with Crippen LogP contribution in [-0.2, 0) is 16.1 Å². The highest BCUT2D eigenvalue weighted by atomic mass is 16.3. The third-order valence-corrected chi connectivity index (χ3v) is 7.31. The van der Waals surface area contributed by atoms with Gasteiger partial charge in [-0.05, 0) is 73.8 Å². The standard InChI is InChI=1S/C21H28N2O3/c24-19-7-17(11-23(19)12-18-2-1-3-26-18)20(25)22-13-21-8-14-4-15(9-21)6-16(5-14)10-21/h1-3,14-17H,4-13H2,(H,22,25)/t14?,15?,16?,17-,21?/m1/s1. The fourth-order valence-electron chi connectivity index (χ4n) is 6.62. The van der Waals surface area contributed by atoms with E-state index in [1.807, 2.05) is 12.1 Å². The summed E-state index contributed by atoms with van der Waals surface area (Å²) in [5.41, 5.74) is 0.348. The van der Waals surface area contributed by atoms with Crippen molar-refractivity contribution in [3.05, 3.63) is 24.2 Å². The van der Waals surface area contributed by atoms with Crippen molar-refractivity contribution in [2.45, 2.75) is 51.5 Å². The van der Waals surface area contributed by atoms with E-state index in [4.69, 9.17) is 4.42 Å². The van der Waals surface area contributed by atoms with Gasteiger partial charge in [-0.15, -0.1) is 0 Å². The first-order valence-corrected chi connectivity index (χ1v) is 10.2. The van der Waals surface area contributed by atoms with E-state index >= 15 is 0 Å². The van der Waals surface area contributed by atoms with Crippen molar-refractivity contribution in [1.82, 2.24) is 10.2 Å². The van der Waals surface area contributed by atoms with Crippen LogP contribution in [0.2, 0.25) is 0 Å². The van der Waals surface area contributed by atoms with E-state index in [0.717, 1.165) is 30.1 Å². The summed E-state index contributed by atoms with van der Waals surface area (Å²) in [5, 5.41) is 3.24. The predicted octanol–water partition coefficient (Wildman–Crippen LogP) is 2.96. The molecule has 5 heteroatoms. The van der Waals surface area contributed by atoms with Crippen LogP contribution in [0.3, 0.4) is 0 Å². The molecule has 6 rings (SSSR count). The lowest BCUT2D eigenvalue weighted by molar-refractivity contribution is -0.129. The van der Waals surface area contributed by atoms with Crippen molar-refractivity contribution in [3.63, 3.8) is 0 Å². The van der Waals surface area contributed by atoms with Crippen LogP contribution in [-0.4, -0.2) is 29.8 Å². The summed E-state index contributed by atoms with van der Waals surface area (Å²) in [6, 6.07) is 3.69. The Morgan fingerprint density at radius 2 is 1.88 bits per heavy atom. The van der Waals surface area contributed by atoms with Gasteiger partial charge in [-0.1, -0.05) is 0 Å². The topological polar surface area (TPSA) is 62.6 Å². The Morgan fingerprint density at radius 3 is 2.50 bits per heavy atom. The second kappa shape index (κ2) is 6.14. The Hall–Kier alpha value is -1.78. The molecule has 2 amide bonds. The number of rotatable bonds is 5. The molecular weight excluding hydrogens is 328 g/mol. The smallest absolute Gasteiger partial charge is 0.225 e. The summed E-state index contributed by atoms with van der Waals surface area (Å²) in [4.78, 5) is 26.7. The quantitative estimate of drug-likeness (QED) is 0.882. The van der Waals surface area contributed by atoms with E-state index < -0.39 is 0 Å². The summed E-state index contributed by atoms with van der Waals surface area (Å²) in [5.74, 6) is 3.37. The number of carbonyl (C=O) groups excluding carboxylic acids is 2. The number of nitrogens with one attached hydrogen (secondary N) is 1. The van der Waals surface area contributed by atoms with Crippen LogP contribution in [0, 0.1) is 29.1 Å². The molecule has 4 saturated carbocycles. The van der Waals surface area contributed by atoms with Gasteiger partial charge in [0.2, 0.25) is 11.8 Å². The van der Waals surface area contributed by atoms with Crippen LogP contribution in [0.15, 0.2) is 22.8 Å². The average Bonchev–Trinajstić information content (AvgIpc) is 3.22. The number of hydrogen-bond donors (Lipinski definition) is 1. The summed E-state index contributed by atoms with van der Waals surface area (Å²) < 4.78 is 5.33. The number of nitrogens with zero attached hydrogens (tertiary/aromatic N) is 1. The third kappa shape index (κ3) is 2.95. The van der Waals surface area contributed by atoms with Gasteiger partial charge in [0.1, 0.15) is 5.76 Å². The van der Waals surface area contributed by atoms with Gasteiger partial charge in [-0.2, -0.15) is 0 Å². The molecule has 1 atom stereocenters. The number of amides is 2. The number of furan rings is 1. The monoisotopic (exact) mass is 356 g/mol. The fourth-order valence-corrected chi connectivity index (χ4v) is 6.62. The van der Waals surface area contributed by atoms with Crippen molar-refractivity contribution >= 4 is 11.8 Å². The number of hydrogen-bond acceptors (Lipinski definition) is 3. The Kier molecular flexibility index (Phi) is 3.87. The molecule has 5 fully saturated rings. The van der Waals surface area contributed by atoms with Crippen molar-refractivity contribution in [2.24, 2.45) is 29.1 Å². The largest absolute Gasteiger partial charge is 0.467 e.